The molecule has 4 heteroatoms. The molecule has 9 aromatic carbocycles. The molecule has 0 fully saturated rings. The van der Waals surface area contributed by atoms with E-state index in [4.69, 9.17) is 0 Å². The van der Waals surface area contributed by atoms with Crippen molar-refractivity contribution < 1.29 is 0 Å². The maximum Gasteiger partial charge on any atom is 0.264 e. The second-order valence-corrected chi connectivity index (χ2v) is 19.5. The van der Waals surface area contributed by atoms with Gasteiger partial charge in [-0.25, -0.2) is 0 Å². The molecule has 0 amide bonds. The van der Waals surface area contributed by atoms with Crippen LogP contribution in [0.2, 0.25) is 0 Å². The van der Waals surface area contributed by atoms with Gasteiger partial charge in [0.2, 0.25) is 0 Å². The summed E-state index contributed by atoms with van der Waals surface area (Å²) in [6, 6.07) is 82.0. The molecule has 1 aromatic heterocycles. The first-order valence-corrected chi connectivity index (χ1v) is 24.1. The fraction of sp³-hybridized carbons (Fsp3) is 0.0645. The van der Waals surface area contributed by atoms with Gasteiger partial charge in [-0.1, -0.05) is 190 Å². The van der Waals surface area contributed by atoms with E-state index in [0.29, 0.717) is 5.92 Å². The van der Waals surface area contributed by atoms with Gasteiger partial charge in [0.15, 0.2) is 0 Å². The molecule has 4 aliphatic rings. The summed E-state index contributed by atoms with van der Waals surface area (Å²) in [7, 11) is 0. The van der Waals surface area contributed by atoms with Crippen LogP contribution >= 0.6 is 11.3 Å². The van der Waals surface area contributed by atoms with Crippen molar-refractivity contribution >= 4 is 67.9 Å². The Morgan fingerprint density at radius 2 is 0.924 bits per heavy atom. The van der Waals surface area contributed by atoms with Crippen LogP contribution in [0.15, 0.2) is 218 Å². The Bertz CT molecular complexity index is 3550. The van der Waals surface area contributed by atoms with Gasteiger partial charge in [-0.2, -0.15) is 0 Å². The second kappa shape index (κ2) is 14.2. The molecule has 0 bridgehead atoms. The average molecular weight is 859 g/mol. The van der Waals surface area contributed by atoms with Gasteiger partial charge in [-0.05, 0) is 121 Å². The Hall–Kier alpha value is -7.66. The van der Waals surface area contributed by atoms with E-state index in [9.17, 15) is 0 Å². The number of anilines is 6. The zero-order chi connectivity index (χ0) is 43.7. The summed E-state index contributed by atoms with van der Waals surface area (Å²) < 4.78 is 1.40. The highest BCUT2D eigenvalue weighted by molar-refractivity contribution is 7.30. The highest BCUT2D eigenvalue weighted by Gasteiger charge is 2.56. The van der Waals surface area contributed by atoms with E-state index in [2.05, 4.69) is 253 Å². The molecule has 14 rings (SSSR count). The van der Waals surface area contributed by atoms with Crippen molar-refractivity contribution in [2.75, 3.05) is 9.80 Å². The van der Waals surface area contributed by atoms with Crippen molar-refractivity contribution in [2.24, 2.45) is 0 Å². The average Bonchev–Trinajstić information content (AvgIpc) is 4.01. The third-order valence-electron chi connectivity index (χ3n) is 14.8. The molecule has 10 aromatic rings. The van der Waals surface area contributed by atoms with Gasteiger partial charge in [-0.15, -0.1) is 11.3 Å². The van der Waals surface area contributed by atoms with Gasteiger partial charge in [0.05, 0.1) is 11.1 Å². The van der Waals surface area contributed by atoms with Crippen LogP contribution in [-0.4, -0.2) is 6.71 Å². The Kier molecular flexibility index (Phi) is 8.09. The number of hydrogen-bond donors (Lipinski definition) is 0. The van der Waals surface area contributed by atoms with Gasteiger partial charge >= 0.3 is 0 Å². The second-order valence-electron chi connectivity index (χ2n) is 18.5. The summed E-state index contributed by atoms with van der Waals surface area (Å²) in [6.07, 6.45) is 0. The summed E-state index contributed by atoms with van der Waals surface area (Å²) in [5, 5.41) is 0. The number of thiophene rings is 1. The minimum absolute atomic E-state index is 0.00810. The highest BCUT2D eigenvalue weighted by atomic mass is 32.1. The van der Waals surface area contributed by atoms with E-state index in [1.165, 1.54) is 116 Å². The Morgan fingerprint density at radius 3 is 1.53 bits per heavy atom. The standard InChI is InChI=1S/C62H43BN2S/c1-39(2)42-37-55-58-56(38-42)65(44-24-10-5-11-25-44)59-57-49-30-16-19-33-52(49)62(50-31-17-14-28-47(50)48-29-15-18-32-51(48)62)60(57)66-61(59)63(58)53-35-34-41(36-54(53)64(55)43-22-8-4-9-23-43)46-27-13-12-26-45(46)40-20-6-3-7-21-40/h3-39H,1-2H3. The lowest BCUT2D eigenvalue weighted by atomic mass is 9.36. The van der Waals surface area contributed by atoms with Crippen molar-refractivity contribution in [1.29, 1.82) is 0 Å². The molecule has 2 aliphatic heterocycles. The van der Waals surface area contributed by atoms with Gasteiger partial charge in [0, 0.05) is 43.7 Å². The lowest BCUT2D eigenvalue weighted by Gasteiger charge is -2.44. The SMILES string of the molecule is CC(C)c1cc2c3c(c1)N(c1ccccc1)c1c(sc4c1-c1ccccc1C41c4ccccc4-c4ccccc41)B3c1ccc(-c3ccccc3-c3ccccc3)cc1N2c1ccccc1. The quantitative estimate of drug-likeness (QED) is 0.159. The molecule has 1 spiro atoms. The van der Waals surface area contributed by atoms with E-state index in [1.54, 1.807) is 0 Å². The van der Waals surface area contributed by atoms with E-state index in [1.807, 2.05) is 0 Å². The molecule has 0 radical (unpaired) electrons. The fourth-order valence-electron chi connectivity index (χ4n) is 12.1. The van der Waals surface area contributed by atoms with Crippen LogP contribution in [-0.2, 0) is 5.41 Å². The minimum Gasteiger partial charge on any atom is -0.311 e. The highest BCUT2D eigenvalue weighted by Crippen LogP contribution is 2.67. The van der Waals surface area contributed by atoms with E-state index in [0.717, 1.165) is 5.69 Å². The van der Waals surface area contributed by atoms with Crippen LogP contribution in [0.1, 0.15) is 46.9 Å². The van der Waals surface area contributed by atoms with Crippen molar-refractivity contribution in [3.8, 4) is 44.5 Å². The van der Waals surface area contributed by atoms with Gasteiger partial charge in [0.25, 0.3) is 6.71 Å². The summed E-state index contributed by atoms with van der Waals surface area (Å²) in [6.45, 7) is 4.67. The predicted molar refractivity (Wildman–Crippen MR) is 280 cm³/mol. The summed E-state index contributed by atoms with van der Waals surface area (Å²) in [5.41, 5.74) is 25.3. The first-order valence-electron chi connectivity index (χ1n) is 23.2. The number of rotatable bonds is 5. The molecular formula is C62H43BN2S. The lowest BCUT2D eigenvalue weighted by molar-refractivity contribution is 0.811. The zero-order valence-corrected chi connectivity index (χ0v) is 37.6. The van der Waals surface area contributed by atoms with Crippen molar-refractivity contribution in [1.82, 2.24) is 0 Å². The number of hydrogen-bond acceptors (Lipinski definition) is 3. The van der Waals surface area contributed by atoms with Crippen LogP contribution < -0.4 is 25.5 Å². The fourth-order valence-corrected chi connectivity index (χ4v) is 13.7. The largest absolute Gasteiger partial charge is 0.311 e. The van der Waals surface area contributed by atoms with Crippen molar-refractivity contribution in [3.63, 3.8) is 0 Å². The molecule has 3 heterocycles. The number of nitrogens with zero attached hydrogens (tertiary/aromatic N) is 2. The molecular weight excluding hydrogens is 816 g/mol. The maximum absolute atomic E-state index is 2.65. The topological polar surface area (TPSA) is 6.48 Å². The van der Waals surface area contributed by atoms with Crippen LogP contribution in [0, 0.1) is 0 Å². The van der Waals surface area contributed by atoms with Crippen LogP contribution in [0.5, 0.6) is 0 Å². The third kappa shape index (κ3) is 5.02. The van der Waals surface area contributed by atoms with Gasteiger partial charge < -0.3 is 9.80 Å². The molecule has 66 heavy (non-hydrogen) atoms. The van der Waals surface area contributed by atoms with Gasteiger partial charge in [0.1, 0.15) is 0 Å². The first-order chi connectivity index (χ1) is 32.6. The molecule has 310 valence electrons. The smallest absolute Gasteiger partial charge is 0.264 e. The Balaban J connectivity index is 1.12. The third-order valence-corrected chi connectivity index (χ3v) is 16.2. The maximum atomic E-state index is 2.65. The number of benzene rings is 9. The van der Waals surface area contributed by atoms with Crippen LogP contribution in [0.25, 0.3) is 44.5 Å². The predicted octanol–water partition coefficient (Wildman–Crippen LogP) is 14.6. The summed E-state index contributed by atoms with van der Waals surface area (Å²) in [5.74, 6) is 0.302. The number of para-hydroxylation sites is 2. The normalized spacial score (nSPS) is 14.1. The zero-order valence-electron chi connectivity index (χ0n) is 36.7. The molecule has 0 unspecified atom stereocenters. The van der Waals surface area contributed by atoms with Crippen LogP contribution in [0.4, 0.5) is 34.1 Å². The van der Waals surface area contributed by atoms with Crippen LogP contribution in [0.3, 0.4) is 0 Å². The van der Waals surface area contributed by atoms with Crippen molar-refractivity contribution in [2.45, 2.75) is 25.2 Å². The monoisotopic (exact) mass is 858 g/mol. The minimum atomic E-state index is -0.444. The molecule has 2 nitrogen and oxygen atoms in total. The molecule has 0 saturated heterocycles. The number of fused-ring (bicyclic) bond motifs is 15. The Labute approximate surface area is 390 Å². The van der Waals surface area contributed by atoms with Gasteiger partial charge in [-0.3, -0.25) is 0 Å². The molecule has 0 atom stereocenters. The summed E-state index contributed by atoms with van der Waals surface area (Å²) >= 11 is 2.05. The van der Waals surface area contributed by atoms with Crippen molar-refractivity contribution in [3.05, 3.63) is 246 Å². The molecule has 2 aliphatic carbocycles. The lowest BCUT2D eigenvalue weighted by Crippen LogP contribution is -2.60. The summed E-state index contributed by atoms with van der Waals surface area (Å²) in [4.78, 5) is 6.64. The Morgan fingerprint density at radius 1 is 0.439 bits per heavy atom. The molecule has 0 N–H and O–H groups in total. The first kappa shape index (κ1) is 37.7. The molecule has 0 saturated carbocycles. The van der Waals surface area contributed by atoms with E-state index >= 15 is 0 Å². The van der Waals surface area contributed by atoms with E-state index < -0.39 is 5.41 Å². The van der Waals surface area contributed by atoms with E-state index in [-0.39, 0.29) is 6.71 Å².